The van der Waals surface area contributed by atoms with Gasteiger partial charge in [0.2, 0.25) is 0 Å². The van der Waals surface area contributed by atoms with E-state index in [0.717, 1.165) is 18.4 Å². The molecule has 0 amide bonds. The third kappa shape index (κ3) is 1.97. The van der Waals surface area contributed by atoms with Crippen LogP contribution in [0.4, 0.5) is 0 Å². The summed E-state index contributed by atoms with van der Waals surface area (Å²) in [7, 11) is 0. The minimum atomic E-state index is -0.795. The molecule has 0 N–H and O–H groups in total. The molecule has 0 aliphatic heterocycles. The van der Waals surface area contributed by atoms with E-state index in [1.165, 1.54) is 24.0 Å². The van der Waals surface area contributed by atoms with Crippen molar-refractivity contribution >= 4 is 5.78 Å². The number of Topliss-reactive ketones (excluding diaryl/α,β-unsaturated/α-hetero) is 1. The Morgan fingerprint density at radius 1 is 1.20 bits per heavy atom. The van der Waals surface area contributed by atoms with E-state index in [1.807, 2.05) is 13.8 Å². The van der Waals surface area contributed by atoms with E-state index >= 15 is 0 Å². The Kier molecular flexibility index (Phi) is 2.97. The lowest BCUT2D eigenvalue weighted by molar-refractivity contribution is -0.130. The molecule has 1 fully saturated rings. The van der Waals surface area contributed by atoms with Crippen LogP contribution < -0.4 is 0 Å². The van der Waals surface area contributed by atoms with E-state index in [2.05, 4.69) is 24.3 Å². The van der Waals surface area contributed by atoms with Crippen LogP contribution in [0.1, 0.15) is 49.8 Å². The fourth-order valence-electron chi connectivity index (χ4n) is 3.80. The molecule has 1 atom stereocenters. The number of fused-ring (bicyclic) bond motifs is 1. The fraction of sp³-hybridized carbons (Fsp3) is 0.556. The zero-order valence-corrected chi connectivity index (χ0v) is 12.3. The summed E-state index contributed by atoms with van der Waals surface area (Å²) < 4.78 is 0. The molecule has 0 radical (unpaired) electrons. The first-order valence-electron chi connectivity index (χ1n) is 7.54. The van der Waals surface area contributed by atoms with Crippen molar-refractivity contribution in [1.29, 1.82) is 5.26 Å². The smallest absolute Gasteiger partial charge is 0.158 e. The van der Waals surface area contributed by atoms with Gasteiger partial charge in [0.1, 0.15) is 5.41 Å². The van der Waals surface area contributed by atoms with Crippen LogP contribution in [-0.2, 0) is 24.1 Å². The van der Waals surface area contributed by atoms with Crippen LogP contribution in [0.5, 0.6) is 0 Å². The van der Waals surface area contributed by atoms with Gasteiger partial charge in [-0.15, -0.1) is 0 Å². The molecule has 2 nitrogen and oxygen atoms in total. The molecular weight excluding hydrogens is 246 g/mol. The standard InChI is InChI=1S/C18H21NO/c1-17(2)8-9-18(12-19,16(17)20)11-13-6-7-14-4-3-5-15(14)10-13/h6-7,10H,3-5,8-9,11H2,1-2H3. The van der Waals surface area contributed by atoms with Crippen molar-refractivity contribution in [1.82, 2.24) is 0 Å². The maximum atomic E-state index is 12.6. The van der Waals surface area contributed by atoms with Gasteiger partial charge in [-0.1, -0.05) is 32.0 Å². The Morgan fingerprint density at radius 3 is 2.60 bits per heavy atom. The van der Waals surface area contributed by atoms with Crippen molar-refractivity contribution in [3.8, 4) is 6.07 Å². The van der Waals surface area contributed by atoms with Gasteiger partial charge < -0.3 is 0 Å². The molecule has 104 valence electrons. The van der Waals surface area contributed by atoms with Gasteiger partial charge in [-0.05, 0) is 55.2 Å². The number of hydrogen-bond acceptors (Lipinski definition) is 2. The molecule has 0 heterocycles. The monoisotopic (exact) mass is 267 g/mol. The van der Waals surface area contributed by atoms with Gasteiger partial charge in [0.05, 0.1) is 6.07 Å². The molecule has 1 aromatic rings. The van der Waals surface area contributed by atoms with Crippen LogP contribution in [0.15, 0.2) is 18.2 Å². The quantitative estimate of drug-likeness (QED) is 0.821. The normalized spacial score (nSPS) is 27.4. The number of aryl methyl sites for hydroxylation is 2. The molecule has 1 aromatic carbocycles. The predicted octanol–water partition coefficient (Wildman–Crippen LogP) is 3.62. The van der Waals surface area contributed by atoms with Crippen molar-refractivity contribution in [2.24, 2.45) is 10.8 Å². The summed E-state index contributed by atoms with van der Waals surface area (Å²) in [6, 6.07) is 8.87. The topological polar surface area (TPSA) is 40.9 Å². The van der Waals surface area contributed by atoms with Gasteiger partial charge in [0, 0.05) is 5.41 Å². The molecule has 20 heavy (non-hydrogen) atoms. The first-order chi connectivity index (χ1) is 9.47. The zero-order chi connectivity index (χ0) is 14.4. The van der Waals surface area contributed by atoms with Crippen molar-refractivity contribution < 1.29 is 4.79 Å². The maximum Gasteiger partial charge on any atom is 0.158 e. The second kappa shape index (κ2) is 4.45. The lowest BCUT2D eigenvalue weighted by atomic mass is 9.76. The molecule has 0 bridgehead atoms. The lowest BCUT2D eigenvalue weighted by Crippen LogP contribution is -2.33. The van der Waals surface area contributed by atoms with Crippen LogP contribution in [-0.4, -0.2) is 5.78 Å². The Morgan fingerprint density at radius 2 is 1.95 bits per heavy atom. The lowest BCUT2D eigenvalue weighted by Gasteiger charge is -2.22. The number of rotatable bonds is 2. The summed E-state index contributed by atoms with van der Waals surface area (Å²) in [6.45, 7) is 3.94. The maximum absolute atomic E-state index is 12.6. The fourth-order valence-corrected chi connectivity index (χ4v) is 3.80. The summed E-state index contributed by atoms with van der Waals surface area (Å²) in [6.07, 6.45) is 5.65. The zero-order valence-electron chi connectivity index (χ0n) is 12.3. The van der Waals surface area contributed by atoms with Crippen LogP contribution in [0, 0.1) is 22.2 Å². The molecule has 0 aromatic heterocycles. The van der Waals surface area contributed by atoms with Crippen molar-refractivity contribution in [3.05, 3.63) is 34.9 Å². The minimum Gasteiger partial charge on any atom is -0.297 e. The highest BCUT2D eigenvalue weighted by Crippen LogP contribution is 2.47. The highest BCUT2D eigenvalue weighted by atomic mass is 16.1. The molecule has 1 saturated carbocycles. The molecule has 0 spiro atoms. The van der Waals surface area contributed by atoms with Crippen LogP contribution in [0.25, 0.3) is 0 Å². The number of ketones is 1. The highest BCUT2D eigenvalue weighted by Gasteiger charge is 2.52. The second-order valence-corrected chi connectivity index (χ2v) is 7.04. The summed E-state index contributed by atoms with van der Waals surface area (Å²) in [5.74, 6) is 0.132. The van der Waals surface area contributed by atoms with Crippen LogP contribution in [0.2, 0.25) is 0 Å². The van der Waals surface area contributed by atoms with Crippen molar-refractivity contribution in [3.63, 3.8) is 0 Å². The first-order valence-corrected chi connectivity index (χ1v) is 7.54. The highest BCUT2D eigenvalue weighted by molar-refractivity contribution is 5.94. The van der Waals surface area contributed by atoms with Gasteiger partial charge in [-0.25, -0.2) is 0 Å². The van der Waals surface area contributed by atoms with E-state index in [-0.39, 0.29) is 11.2 Å². The van der Waals surface area contributed by atoms with Crippen LogP contribution >= 0.6 is 0 Å². The SMILES string of the molecule is CC1(C)CCC(C#N)(Cc2ccc3c(c2)CCC3)C1=O. The molecule has 2 aliphatic carbocycles. The predicted molar refractivity (Wildman–Crippen MR) is 78.2 cm³/mol. The van der Waals surface area contributed by atoms with E-state index in [1.54, 1.807) is 0 Å². The summed E-state index contributed by atoms with van der Waals surface area (Å²) in [4.78, 5) is 12.6. The summed E-state index contributed by atoms with van der Waals surface area (Å²) >= 11 is 0. The van der Waals surface area contributed by atoms with Gasteiger partial charge in [0.15, 0.2) is 5.78 Å². The largest absolute Gasteiger partial charge is 0.297 e. The number of nitriles is 1. The number of benzene rings is 1. The molecule has 2 heteroatoms. The third-order valence-corrected chi connectivity index (χ3v) is 5.11. The molecule has 1 unspecified atom stereocenters. The average molecular weight is 267 g/mol. The van der Waals surface area contributed by atoms with Gasteiger partial charge in [-0.3, -0.25) is 4.79 Å². The van der Waals surface area contributed by atoms with Gasteiger partial charge >= 0.3 is 0 Å². The Labute approximate surface area is 120 Å². The minimum absolute atomic E-state index is 0.132. The number of carbonyl (C=O) groups is 1. The Balaban J connectivity index is 1.90. The molecule has 0 saturated heterocycles. The Bertz CT molecular complexity index is 608. The third-order valence-electron chi connectivity index (χ3n) is 5.11. The summed E-state index contributed by atoms with van der Waals surface area (Å²) in [5, 5.41) is 9.60. The molecule has 3 rings (SSSR count). The first kappa shape index (κ1) is 13.4. The number of carbonyl (C=O) groups excluding carboxylic acids is 1. The summed E-state index contributed by atoms with van der Waals surface area (Å²) in [5.41, 5.74) is 2.87. The van der Waals surface area contributed by atoms with Crippen molar-refractivity contribution in [2.45, 2.75) is 52.4 Å². The van der Waals surface area contributed by atoms with E-state index in [9.17, 15) is 10.1 Å². The number of nitrogens with zero attached hydrogens (tertiary/aromatic N) is 1. The van der Waals surface area contributed by atoms with Gasteiger partial charge in [-0.2, -0.15) is 5.26 Å². The number of hydrogen-bond donors (Lipinski definition) is 0. The van der Waals surface area contributed by atoms with Crippen LogP contribution in [0.3, 0.4) is 0 Å². The average Bonchev–Trinajstić information content (AvgIpc) is 2.97. The second-order valence-electron chi connectivity index (χ2n) is 7.04. The molecular formula is C18H21NO. The van der Waals surface area contributed by atoms with E-state index in [4.69, 9.17) is 0 Å². The van der Waals surface area contributed by atoms with E-state index < -0.39 is 5.41 Å². The van der Waals surface area contributed by atoms with Crippen molar-refractivity contribution in [2.75, 3.05) is 0 Å². The molecule has 2 aliphatic rings. The van der Waals surface area contributed by atoms with E-state index in [0.29, 0.717) is 12.8 Å². The Hall–Kier alpha value is -1.62. The van der Waals surface area contributed by atoms with Gasteiger partial charge in [0.25, 0.3) is 0 Å².